The molecule has 0 aromatic carbocycles. The van der Waals surface area contributed by atoms with Gasteiger partial charge in [-0.3, -0.25) is 0 Å². The second kappa shape index (κ2) is 4.45. The van der Waals surface area contributed by atoms with Crippen LogP contribution >= 0.6 is 0 Å². The average Bonchev–Trinajstić information content (AvgIpc) is 2.02. The third-order valence-corrected chi connectivity index (χ3v) is 3.46. The Morgan fingerprint density at radius 2 is 1.54 bits per heavy atom. The zero-order valence-corrected chi connectivity index (χ0v) is 10.1. The van der Waals surface area contributed by atoms with E-state index in [2.05, 4.69) is 41.5 Å². The largest absolute Gasteiger partial charge is 0.396 e. The van der Waals surface area contributed by atoms with Crippen LogP contribution in [0.1, 0.15) is 54.4 Å². The molecule has 13 heavy (non-hydrogen) atoms. The van der Waals surface area contributed by atoms with Crippen LogP contribution in [0.15, 0.2) is 0 Å². The van der Waals surface area contributed by atoms with E-state index in [1.54, 1.807) is 0 Å². The van der Waals surface area contributed by atoms with Crippen LogP contribution in [0.4, 0.5) is 0 Å². The van der Waals surface area contributed by atoms with Gasteiger partial charge >= 0.3 is 0 Å². The lowest BCUT2D eigenvalue weighted by atomic mass is 9.63. The second-order valence-corrected chi connectivity index (χ2v) is 5.49. The van der Waals surface area contributed by atoms with Crippen LogP contribution in [0.5, 0.6) is 0 Å². The van der Waals surface area contributed by atoms with E-state index in [1.165, 1.54) is 0 Å². The van der Waals surface area contributed by atoms with E-state index < -0.39 is 0 Å². The van der Waals surface area contributed by atoms with E-state index >= 15 is 0 Å². The normalized spacial score (nSPS) is 19.6. The number of hydrogen-bond donors (Lipinski definition) is 1. The Kier molecular flexibility index (Phi) is 4.44. The van der Waals surface area contributed by atoms with Crippen molar-refractivity contribution in [2.45, 2.75) is 54.4 Å². The lowest BCUT2D eigenvalue weighted by Gasteiger charge is -2.43. The molecule has 0 aliphatic carbocycles. The summed E-state index contributed by atoms with van der Waals surface area (Å²) in [5.74, 6) is 0.593. The maximum atomic E-state index is 9.45. The van der Waals surface area contributed by atoms with Crippen LogP contribution in [0.25, 0.3) is 0 Å². The molecule has 1 N–H and O–H groups in total. The molecular weight excluding hydrogens is 160 g/mol. The van der Waals surface area contributed by atoms with Gasteiger partial charge in [0.1, 0.15) is 0 Å². The van der Waals surface area contributed by atoms with Gasteiger partial charge < -0.3 is 5.11 Å². The number of hydrogen-bond acceptors (Lipinski definition) is 1. The molecule has 0 amide bonds. The molecule has 80 valence electrons. The van der Waals surface area contributed by atoms with Crippen molar-refractivity contribution in [1.82, 2.24) is 0 Å². The van der Waals surface area contributed by atoms with Crippen LogP contribution in [0.2, 0.25) is 0 Å². The second-order valence-electron chi connectivity index (χ2n) is 5.49. The van der Waals surface area contributed by atoms with Crippen molar-refractivity contribution >= 4 is 0 Å². The Bertz CT molecular complexity index is 140. The van der Waals surface area contributed by atoms with E-state index in [-0.39, 0.29) is 5.41 Å². The third-order valence-electron chi connectivity index (χ3n) is 3.46. The average molecular weight is 186 g/mol. The molecule has 0 aromatic heterocycles. The van der Waals surface area contributed by atoms with Gasteiger partial charge in [0, 0.05) is 6.61 Å². The molecule has 2 atom stereocenters. The minimum Gasteiger partial charge on any atom is -0.396 e. The van der Waals surface area contributed by atoms with Crippen molar-refractivity contribution < 1.29 is 5.11 Å². The van der Waals surface area contributed by atoms with E-state index in [4.69, 9.17) is 0 Å². The summed E-state index contributed by atoms with van der Waals surface area (Å²) in [5, 5.41) is 9.45. The van der Waals surface area contributed by atoms with E-state index in [0.717, 1.165) is 12.8 Å². The minimum atomic E-state index is 0.0903. The van der Waals surface area contributed by atoms with Gasteiger partial charge in [-0.2, -0.15) is 0 Å². The summed E-state index contributed by atoms with van der Waals surface area (Å²) in [4.78, 5) is 0. The quantitative estimate of drug-likeness (QED) is 0.713. The van der Waals surface area contributed by atoms with E-state index in [1.807, 2.05) is 0 Å². The third kappa shape index (κ3) is 2.98. The zero-order chi connectivity index (χ0) is 10.7. The van der Waals surface area contributed by atoms with Crippen LogP contribution < -0.4 is 0 Å². The summed E-state index contributed by atoms with van der Waals surface area (Å²) in [6.07, 6.45) is 2.20. The predicted octanol–water partition coefficient (Wildman–Crippen LogP) is 3.47. The Morgan fingerprint density at radius 3 is 1.62 bits per heavy atom. The van der Waals surface area contributed by atoms with E-state index in [9.17, 15) is 5.11 Å². The molecule has 0 rings (SSSR count). The van der Waals surface area contributed by atoms with Crippen molar-refractivity contribution in [1.29, 1.82) is 0 Å². The SMILES string of the molecule is CCC(C(C)(C)C)C(C)(CC)CO. The van der Waals surface area contributed by atoms with Gasteiger partial charge in [0.15, 0.2) is 0 Å². The lowest BCUT2D eigenvalue weighted by molar-refractivity contribution is 0.00998. The minimum absolute atomic E-state index is 0.0903. The highest BCUT2D eigenvalue weighted by atomic mass is 16.3. The summed E-state index contributed by atoms with van der Waals surface area (Å²) in [6.45, 7) is 13.7. The van der Waals surface area contributed by atoms with Gasteiger partial charge in [-0.05, 0) is 23.2 Å². The molecule has 0 aliphatic rings. The molecule has 0 spiro atoms. The Hall–Kier alpha value is -0.0400. The van der Waals surface area contributed by atoms with Crippen molar-refractivity contribution in [3.05, 3.63) is 0 Å². The number of aliphatic hydroxyl groups is 1. The van der Waals surface area contributed by atoms with Gasteiger partial charge in [0.05, 0.1) is 0 Å². The molecule has 0 fully saturated rings. The first-order valence-corrected chi connectivity index (χ1v) is 5.42. The van der Waals surface area contributed by atoms with Crippen molar-refractivity contribution in [3.8, 4) is 0 Å². The topological polar surface area (TPSA) is 20.2 Å². The predicted molar refractivity (Wildman–Crippen MR) is 58.7 cm³/mol. The molecule has 2 unspecified atom stereocenters. The molecule has 0 bridgehead atoms. The van der Waals surface area contributed by atoms with E-state index in [0.29, 0.717) is 17.9 Å². The highest BCUT2D eigenvalue weighted by molar-refractivity contribution is 4.87. The monoisotopic (exact) mass is 186 g/mol. The standard InChI is InChI=1S/C12H26O/c1-7-10(11(3,4)5)12(6,8-2)9-13/h10,13H,7-9H2,1-6H3. The molecule has 0 heterocycles. The maximum absolute atomic E-state index is 9.45. The summed E-state index contributed by atoms with van der Waals surface area (Å²) in [5.41, 5.74) is 0.384. The molecule has 1 nitrogen and oxygen atoms in total. The van der Waals surface area contributed by atoms with Gasteiger partial charge in [0.2, 0.25) is 0 Å². The first-order valence-electron chi connectivity index (χ1n) is 5.42. The zero-order valence-electron chi connectivity index (χ0n) is 10.1. The van der Waals surface area contributed by atoms with Gasteiger partial charge in [-0.25, -0.2) is 0 Å². The van der Waals surface area contributed by atoms with Gasteiger partial charge in [0.25, 0.3) is 0 Å². The fourth-order valence-corrected chi connectivity index (χ4v) is 2.62. The molecule has 0 aliphatic heterocycles. The summed E-state index contributed by atoms with van der Waals surface area (Å²) in [6, 6.07) is 0. The van der Waals surface area contributed by atoms with Crippen molar-refractivity contribution in [2.24, 2.45) is 16.7 Å². The van der Waals surface area contributed by atoms with Crippen LogP contribution in [0, 0.1) is 16.7 Å². The van der Waals surface area contributed by atoms with Gasteiger partial charge in [-0.1, -0.05) is 48.0 Å². The Balaban J connectivity index is 4.74. The van der Waals surface area contributed by atoms with Crippen LogP contribution in [-0.2, 0) is 0 Å². The molecule has 0 saturated heterocycles. The summed E-state index contributed by atoms with van der Waals surface area (Å²) in [7, 11) is 0. The Morgan fingerprint density at radius 1 is 1.08 bits per heavy atom. The number of rotatable bonds is 4. The molecule has 0 aromatic rings. The molecule has 0 radical (unpaired) electrons. The van der Waals surface area contributed by atoms with Gasteiger partial charge in [-0.15, -0.1) is 0 Å². The molecule has 1 heteroatoms. The highest BCUT2D eigenvalue weighted by Gasteiger charge is 2.38. The summed E-state index contributed by atoms with van der Waals surface area (Å²) >= 11 is 0. The van der Waals surface area contributed by atoms with Crippen LogP contribution in [0.3, 0.4) is 0 Å². The maximum Gasteiger partial charge on any atom is 0.0487 e. The lowest BCUT2D eigenvalue weighted by Crippen LogP contribution is -2.38. The summed E-state index contributed by atoms with van der Waals surface area (Å²) < 4.78 is 0. The van der Waals surface area contributed by atoms with Crippen LogP contribution in [-0.4, -0.2) is 11.7 Å². The fourth-order valence-electron chi connectivity index (χ4n) is 2.62. The first kappa shape index (κ1) is 13.0. The molecular formula is C12H26O. The van der Waals surface area contributed by atoms with Crippen molar-refractivity contribution in [3.63, 3.8) is 0 Å². The fraction of sp³-hybridized carbons (Fsp3) is 1.00. The smallest absolute Gasteiger partial charge is 0.0487 e. The first-order chi connectivity index (χ1) is 5.81. The van der Waals surface area contributed by atoms with Crippen molar-refractivity contribution in [2.75, 3.05) is 6.61 Å². The highest BCUT2D eigenvalue weighted by Crippen LogP contribution is 2.44. The number of aliphatic hydroxyl groups excluding tert-OH is 1. The molecule has 0 saturated carbocycles. The Labute approximate surface area is 83.5 Å².